The Hall–Kier alpha value is -7.17. The van der Waals surface area contributed by atoms with Crippen molar-refractivity contribution in [3.05, 3.63) is 188 Å². The van der Waals surface area contributed by atoms with Gasteiger partial charge in [-0.2, -0.15) is 0 Å². The largest absolute Gasteiger partial charge is 0.456 e. The maximum Gasteiger partial charge on any atom is 0.164 e. The van der Waals surface area contributed by atoms with Crippen LogP contribution in [0.25, 0.3) is 100 Å². The predicted octanol–water partition coefficient (Wildman–Crippen LogP) is 12.9. The van der Waals surface area contributed by atoms with Gasteiger partial charge in [0.25, 0.3) is 0 Å². The minimum Gasteiger partial charge on any atom is -0.456 e. The molecule has 0 amide bonds. The topological polar surface area (TPSA) is 51.8 Å². The first-order valence-electron chi connectivity index (χ1n) is 17.8. The number of rotatable bonds is 6. The van der Waals surface area contributed by atoms with E-state index in [1.54, 1.807) is 0 Å². The second kappa shape index (κ2) is 12.9. The molecule has 0 unspecified atom stereocenters. The van der Waals surface area contributed by atoms with Crippen molar-refractivity contribution in [2.75, 3.05) is 0 Å². The van der Waals surface area contributed by atoms with Gasteiger partial charge in [-0.25, -0.2) is 15.0 Å². The van der Waals surface area contributed by atoms with Gasteiger partial charge in [0, 0.05) is 27.5 Å². The molecule has 0 aliphatic rings. The molecule has 0 radical (unpaired) electrons. The summed E-state index contributed by atoms with van der Waals surface area (Å²) in [7, 11) is 0. The Kier molecular flexibility index (Phi) is 7.43. The number of hydrogen-bond acceptors (Lipinski definition) is 4. The molecular formula is C49H31N3O. The van der Waals surface area contributed by atoms with E-state index >= 15 is 0 Å². The van der Waals surface area contributed by atoms with Crippen molar-refractivity contribution in [1.29, 1.82) is 0 Å². The van der Waals surface area contributed by atoms with E-state index in [2.05, 4.69) is 133 Å². The van der Waals surface area contributed by atoms with E-state index in [-0.39, 0.29) is 0 Å². The van der Waals surface area contributed by atoms with Crippen molar-refractivity contribution >= 4 is 32.7 Å². The molecule has 4 heteroatoms. The summed E-state index contributed by atoms with van der Waals surface area (Å²) >= 11 is 0. The smallest absolute Gasteiger partial charge is 0.164 e. The second-order valence-electron chi connectivity index (χ2n) is 13.1. The summed E-state index contributed by atoms with van der Waals surface area (Å²) in [5.74, 6) is 1.81. The predicted molar refractivity (Wildman–Crippen MR) is 217 cm³/mol. The molecule has 0 aliphatic heterocycles. The molecule has 0 spiro atoms. The van der Waals surface area contributed by atoms with E-state index in [9.17, 15) is 0 Å². The third kappa shape index (κ3) is 5.36. The molecule has 0 bridgehead atoms. The molecule has 2 heterocycles. The average Bonchev–Trinajstić information content (AvgIpc) is 3.63. The summed E-state index contributed by atoms with van der Waals surface area (Å²) in [5, 5.41) is 4.23. The van der Waals surface area contributed by atoms with Crippen LogP contribution in [-0.4, -0.2) is 15.0 Å². The lowest BCUT2D eigenvalue weighted by atomic mass is 9.91. The summed E-state index contributed by atoms with van der Waals surface area (Å²) in [6.45, 7) is 0. The first-order valence-corrected chi connectivity index (χ1v) is 17.8. The highest BCUT2D eigenvalue weighted by Gasteiger charge is 2.22. The van der Waals surface area contributed by atoms with Crippen LogP contribution in [0, 0.1) is 0 Å². The molecule has 0 saturated carbocycles. The molecule has 0 saturated heterocycles. The van der Waals surface area contributed by atoms with Crippen LogP contribution in [0.3, 0.4) is 0 Å². The molecule has 4 nitrogen and oxygen atoms in total. The number of furan rings is 1. The quantitative estimate of drug-likeness (QED) is 0.176. The van der Waals surface area contributed by atoms with Gasteiger partial charge in [0.2, 0.25) is 0 Å². The maximum atomic E-state index is 6.59. The van der Waals surface area contributed by atoms with Crippen LogP contribution < -0.4 is 0 Å². The zero-order valence-corrected chi connectivity index (χ0v) is 28.6. The third-order valence-corrected chi connectivity index (χ3v) is 9.98. The molecule has 8 aromatic carbocycles. The first-order chi connectivity index (χ1) is 26.3. The van der Waals surface area contributed by atoms with Gasteiger partial charge >= 0.3 is 0 Å². The molecule has 10 aromatic rings. The average molecular weight is 678 g/mol. The lowest BCUT2D eigenvalue weighted by molar-refractivity contribution is 0.669. The van der Waals surface area contributed by atoms with Gasteiger partial charge in [-0.05, 0) is 62.4 Å². The highest BCUT2D eigenvalue weighted by atomic mass is 16.3. The Morgan fingerprint density at radius 3 is 1.36 bits per heavy atom. The zero-order chi connectivity index (χ0) is 35.1. The monoisotopic (exact) mass is 677 g/mol. The molecule has 0 N–H and O–H groups in total. The Bertz CT molecular complexity index is 2940. The Balaban J connectivity index is 1.23. The molecule has 248 valence electrons. The van der Waals surface area contributed by atoms with Gasteiger partial charge in [0.1, 0.15) is 11.2 Å². The van der Waals surface area contributed by atoms with Crippen molar-refractivity contribution in [3.8, 4) is 67.5 Å². The highest BCUT2D eigenvalue weighted by Crippen LogP contribution is 2.44. The summed E-state index contributed by atoms with van der Waals surface area (Å²) in [5.41, 5.74) is 11.2. The Labute approximate surface area is 306 Å². The summed E-state index contributed by atoms with van der Waals surface area (Å²) in [6, 6.07) is 65.0. The molecule has 0 aliphatic carbocycles. The number of benzene rings is 8. The van der Waals surface area contributed by atoms with Gasteiger partial charge in [0.05, 0.1) is 0 Å². The molecular weight excluding hydrogens is 647 g/mol. The zero-order valence-electron chi connectivity index (χ0n) is 28.6. The second-order valence-corrected chi connectivity index (χ2v) is 13.1. The minimum absolute atomic E-state index is 0.588. The van der Waals surface area contributed by atoms with Crippen LogP contribution >= 0.6 is 0 Å². The van der Waals surface area contributed by atoms with Gasteiger partial charge in [-0.15, -0.1) is 0 Å². The summed E-state index contributed by atoms with van der Waals surface area (Å²) in [4.78, 5) is 15.6. The van der Waals surface area contributed by atoms with Crippen LogP contribution in [-0.2, 0) is 0 Å². The standard InChI is InChI=1S/C49H31N3O/c1-4-16-32(17-5-1)35-22-10-11-24-38(35)40-26-14-28-43-45(40)46-42(27-15-29-44(46)53-43)49-51-47(34-20-8-3-9-21-34)50-48(52-49)41-31-30-36(33-18-6-2-7-19-33)37-23-12-13-25-39(37)41/h1-31H. The Morgan fingerprint density at radius 1 is 0.264 bits per heavy atom. The number of aromatic nitrogens is 3. The summed E-state index contributed by atoms with van der Waals surface area (Å²) in [6.07, 6.45) is 0. The number of nitrogens with zero attached hydrogens (tertiary/aromatic N) is 3. The molecule has 0 fully saturated rings. The Morgan fingerprint density at radius 2 is 0.698 bits per heavy atom. The van der Waals surface area contributed by atoms with Crippen molar-refractivity contribution < 1.29 is 4.42 Å². The fourth-order valence-electron chi connectivity index (χ4n) is 7.56. The van der Waals surface area contributed by atoms with Gasteiger partial charge in [0.15, 0.2) is 17.5 Å². The molecule has 2 aromatic heterocycles. The van der Waals surface area contributed by atoms with E-state index in [1.807, 2.05) is 54.6 Å². The van der Waals surface area contributed by atoms with Crippen molar-refractivity contribution in [2.24, 2.45) is 0 Å². The van der Waals surface area contributed by atoms with Crippen molar-refractivity contribution in [1.82, 2.24) is 15.0 Å². The molecule has 53 heavy (non-hydrogen) atoms. The molecule has 0 atom stereocenters. The number of fused-ring (bicyclic) bond motifs is 4. The van der Waals surface area contributed by atoms with E-state index in [0.717, 1.165) is 71.7 Å². The van der Waals surface area contributed by atoms with Crippen molar-refractivity contribution in [2.45, 2.75) is 0 Å². The van der Waals surface area contributed by atoms with Gasteiger partial charge in [-0.1, -0.05) is 170 Å². The van der Waals surface area contributed by atoms with E-state index in [1.165, 1.54) is 11.1 Å². The lowest BCUT2D eigenvalue weighted by Crippen LogP contribution is -2.01. The first kappa shape index (κ1) is 30.6. The van der Waals surface area contributed by atoms with Crippen LogP contribution in [0.1, 0.15) is 0 Å². The fourth-order valence-corrected chi connectivity index (χ4v) is 7.56. The number of hydrogen-bond donors (Lipinski definition) is 0. The minimum atomic E-state index is 0.588. The highest BCUT2D eigenvalue weighted by molar-refractivity contribution is 6.18. The van der Waals surface area contributed by atoms with Gasteiger partial charge < -0.3 is 4.42 Å². The van der Waals surface area contributed by atoms with Gasteiger partial charge in [-0.3, -0.25) is 0 Å². The van der Waals surface area contributed by atoms with E-state index in [4.69, 9.17) is 19.4 Å². The maximum absolute atomic E-state index is 6.59. The SMILES string of the molecule is c1ccc(-c2nc(-c3ccc(-c4ccccc4)c4ccccc34)nc(-c3cccc4oc5cccc(-c6ccccc6-c6ccccc6)c5c34)n2)cc1. The van der Waals surface area contributed by atoms with Crippen LogP contribution in [0.2, 0.25) is 0 Å². The third-order valence-electron chi connectivity index (χ3n) is 9.98. The normalized spacial score (nSPS) is 11.4. The van der Waals surface area contributed by atoms with Crippen LogP contribution in [0.5, 0.6) is 0 Å². The lowest BCUT2D eigenvalue weighted by Gasteiger charge is -2.14. The van der Waals surface area contributed by atoms with Crippen molar-refractivity contribution in [3.63, 3.8) is 0 Å². The fraction of sp³-hybridized carbons (Fsp3) is 0. The molecule has 10 rings (SSSR count). The van der Waals surface area contributed by atoms with E-state index in [0.29, 0.717) is 17.5 Å². The van der Waals surface area contributed by atoms with Crippen LogP contribution in [0.4, 0.5) is 0 Å². The summed E-state index contributed by atoms with van der Waals surface area (Å²) < 4.78 is 6.59. The van der Waals surface area contributed by atoms with Crippen LogP contribution in [0.15, 0.2) is 192 Å². The van der Waals surface area contributed by atoms with E-state index < -0.39 is 0 Å².